The van der Waals surface area contributed by atoms with Crippen molar-refractivity contribution >= 4 is 16.3 Å². The largest absolute Gasteiger partial charge is 0.497 e. The van der Waals surface area contributed by atoms with Crippen LogP contribution in [0.25, 0.3) is 38.3 Å². The lowest BCUT2D eigenvalue weighted by Gasteiger charge is -2.00. The van der Waals surface area contributed by atoms with Gasteiger partial charge in [-0.1, -0.05) is 23.5 Å². The van der Waals surface area contributed by atoms with Crippen molar-refractivity contribution in [2.24, 2.45) is 0 Å². The molecule has 0 radical (unpaired) electrons. The number of aromatic amines is 1. The predicted octanol–water partition coefficient (Wildman–Crippen LogP) is 4.06. The molecule has 0 saturated carbocycles. The van der Waals surface area contributed by atoms with Crippen molar-refractivity contribution in [3.05, 3.63) is 60.4 Å². The Balaban J connectivity index is 1.53. The van der Waals surface area contributed by atoms with Crippen molar-refractivity contribution in [3.63, 3.8) is 0 Å². The first kappa shape index (κ1) is 16.6. The first-order valence-electron chi connectivity index (χ1n) is 8.39. The van der Waals surface area contributed by atoms with Crippen molar-refractivity contribution in [1.82, 2.24) is 30.0 Å². The van der Waals surface area contributed by atoms with Crippen molar-refractivity contribution < 1.29 is 9.13 Å². The number of H-pyrrole nitrogens is 1. The van der Waals surface area contributed by atoms with Gasteiger partial charge in [0.25, 0.3) is 0 Å². The number of aromatic nitrogens is 6. The van der Waals surface area contributed by atoms with E-state index in [1.165, 1.54) is 23.5 Å². The summed E-state index contributed by atoms with van der Waals surface area (Å²) in [5.74, 6) is 1.04. The minimum atomic E-state index is -0.286. The lowest BCUT2D eigenvalue weighted by molar-refractivity contribution is 0.415. The van der Waals surface area contributed by atoms with E-state index in [-0.39, 0.29) is 5.82 Å². The third-order valence-corrected chi connectivity index (χ3v) is 5.21. The molecule has 0 fully saturated rings. The zero-order valence-corrected chi connectivity index (χ0v) is 15.4. The summed E-state index contributed by atoms with van der Waals surface area (Å²) in [5, 5.41) is 21.1. The van der Waals surface area contributed by atoms with Gasteiger partial charge in [0.05, 0.1) is 12.8 Å². The van der Waals surface area contributed by atoms with Gasteiger partial charge in [0.2, 0.25) is 10.8 Å². The van der Waals surface area contributed by atoms with Crippen molar-refractivity contribution in [3.8, 4) is 39.1 Å². The summed E-state index contributed by atoms with van der Waals surface area (Å²) < 4.78 is 20.1. The molecule has 7 nitrogen and oxygen atoms in total. The van der Waals surface area contributed by atoms with Gasteiger partial charge in [-0.3, -0.25) is 5.10 Å². The molecule has 1 N–H and O–H groups in total. The summed E-state index contributed by atoms with van der Waals surface area (Å²) in [6.07, 6.45) is 0. The Kier molecular flexibility index (Phi) is 3.87. The molecule has 5 rings (SSSR count). The fourth-order valence-electron chi connectivity index (χ4n) is 2.86. The molecule has 138 valence electrons. The van der Waals surface area contributed by atoms with Gasteiger partial charge < -0.3 is 4.74 Å². The van der Waals surface area contributed by atoms with E-state index in [9.17, 15) is 4.39 Å². The fourth-order valence-corrected chi connectivity index (χ4v) is 3.70. The zero-order chi connectivity index (χ0) is 19.1. The van der Waals surface area contributed by atoms with Crippen LogP contribution in [-0.2, 0) is 0 Å². The summed E-state index contributed by atoms with van der Waals surface area (Å²) in [5.41, 5.74) is 3.11. The van der Waals surface area contributed by atoms with Crippen LogP contribution >= 0.6 is 11.3 Å². The molecule has 0 spiro atoms. The van der Waals surface area contributed by atoms with Gasteiger partial charge >= 0.3 is 0 Å². The highest BCUT2D eigenvalue weighted by Crippen LogP contribution is 2.30. The highest BCUT2D eigenvalue weighted by atomic mass is 32.1. The zero-order valence-electron chi connectivity index (χ0n) is 14.6. The van der Waals surface area contributed by atoms with Gasteiger partial charge in [-0.05, 0) is 42.5 Å². The van der Waals surface area contributed by atoms with E-state index in [4.69, 9.17) is 4.74 Å². The molecular formula is C19H13FN6OS. The second kappa shape index (κ2) is 6.54. The molecular weight excluding hydrogens is 379 g/mol. The van der Waals surface area contributed by atoms with Crippen molar-refractivity contribution in [1.29, 1.82) is 0 Å². The normalized spacial score (nSPS) is 11.2. The minimum Gasteiger partial charge on any atom is -0.497 e. The van der Waals surface area contributed by atoms with Crippen LogP contribution in [0.1, 0.15) is 0 Å². The molecule has 0 saturated heterocycles. The van der Waals surface area contributed by atoms with Crippen molar-refractivity contribution in [2.45, 2.75) is 0 Å². The maximum absolute atomic E-state index is 13.1. The van der Waals surface area contributed by atoms with Crippen LogP contribution in [0, 0.1) is 5.82 Å². The molecule has 0 unspecified atom stereocenters. The van der Waals surface area contributed by atoms with E-state index in [2.05, 4.69) is 25.5 Å². The average molecular weight is 392 g/mol. The monoisotopic (exact) mass is 392 g/mol. The molecule has 0 aliphatic heterocycles. The summed E-state index contributed by atoms with van der Waals surface area (Å²) >= 11 is 1.44. The average Bonchev–Trinajstić information content (AvgIpc) is 3.44. The van der Waals surface area contributed by atoms with Crippen LogP contribution in [-0.4, -0.2) is 37.1 Å². The number of benzene rings is 2. The Morgan fingerprint density at radius 3 is 2.71 bits per heavy atom. The predicted molar refractivity (Wildman–Crippen MR) is 104 cm³/mol. The quantitative estimate of drug-likeness (QED) is 0.499. The number of nitrogens with one attached hydrogen (secondary N) is 1. The topological polar surface area (TPSA) is 81.0 Å². The first-order chi connectivity index (χ1) is 13.7. The molecule has 28 heavy (non-hydrogen) atoms. The second-order valence-corrected chi connectivity index (χ2v) is 6.99. The van der Waals surface area contributed by atoms with Crippen LogP contribution in [0.4, 0.5) is 4.39 Å². The molecule has 0 amide bonds. The Hall–Kier alpha value is -3.59. The lowest BCUT2D eigenvalue weighted by atomic mass is 10.1. The van der Waals surface area contributed by atoms with Crippen LogP contribution in [0.3, 0.4) is 0 Å². The Morgan fingerprint density at radius 1 is 1.04 bits per heavy atom. The molecule has 0 bridgehead atoms. The van der Waals surface area contributed by atoms with E-state index in [0.29, 0.717) is 22.2 Å². The molecule has 0 atom stereocenters. The third-order valence-electron chi connectivity index (χ3n) is 4.27. The van der Waals surface area contributed by atoms with E-state index in [0.717, 1.165) is 21.9 Å². The highest BCUT2D eigenvalue weighted by Gasteiger charge is 2.17. The molecule has 3 aromatic heterocycles. The Morgan fingerprint density at radius 2 is 1.89 bits per heavy atom. The fraction of sp³-hybridized carbons (Fsp3) is 0.0526. The van der Waals surface area contributed by atoms with Gasteiger partial charge in [0, 0.05) is 11.1 Å². The lowest BCUT2D eigenvalue weighted by Crippen LogP contribution is -1.91. The van der Waals surface area contributed by atoms with Gasteiger partial charge in [0.15, 0.2) is 0 Å². The van der Waals surface area contributed by atoms with Gasteiger partial charge in [-0.25, -0.2) is 4.39 Å². The van der Waals surface area contributed by atoms with Gasteiger partial charge in [0.1, 0.15) is 22.3 Å². The highest BCUT2D eigenvalue weighted by molar-refractivity contribution is 7.19. The SMILES string of the molecule is COc1cccc(-c2nn3c(-c4cc(-c5ccc(F)cc5)n[nH]4)nnc3s2)c1. The maximum atomic E-state index is 13.1. The Labute approximate surface area is 162 Å². The second-order valence-electron chi connectivity index (χ2n) is 6.03. The Bertz CT molecular complexity index is 1270. The summed E-state index contributed by atoms with van der Waals surface area (Å²) in [6.45, 7) is 0. The molecule has 2 aromatic carbocycles. The smallest absolute Gasteiger partial charge is 0.235 e. The van der Waals surface area contributed by atoms with E-state index in [1.807, 2.05) is 30.3 Å². The number of halogens is 1. The van der Waals surface area contributed by atoms with Gasteiger partial charge in [-0.15, -0.1) is 10.2 Å². The number of nitrogens with zero attached hydrogens (tertiary/aromatic N) is 5. The van der Waals surface area contributed by atoms with Gasteiger partial charge in [-0.2, -0.15) is 14.7 Å². The molecule has 3 heterocycles. The third kappa shape index (κ3) is 2.81. The number of rotatable bonds is 4. The summed E-state index contributed by atoms with van der Waals surface area (Å²) in [7, 11) is 1.63. The first-order valence-corrected chi connectivity index (χ1v) is 9.21. The number of fused-ring (bicyclic) bond motifs is 1. The van der Waals surface area contributed by atoms with Crippen LogP contribution in [0.5, 0.6) is 5.75 Å². The maximum Gasteiger partial charge on any atom is 0.235 e. The van der Waals surface area contributed by atoms with E-state index >= 15 is 0 Å². The van der Waals surface area contributed by atoms with Crippen LogP contribution in [0.2, 0.25) is 0 Å². The molecule has 5 aromatic rings. The molecule has 9 heteroatoms. The molecule has 0 aliphatic rings. The van der Waals surface area contributed by atoms with Crippen LogP contribution in [0.15, 0.2) is 54.6 Å². The number of hydrogen-bond donors (Lipinski definition) is 1. The summed E-state index contributed by atoms with van der Waals surface area (Å²) in [6, 6.07) is 15.7. The van der Waals surface area contributed by atoms with E-state index in [1.54, 1.807) is 23.8 Å². The summed E-state index contributed by atoms with van der Waals surface area (Å²) in [4.78, 5) is 0.672. The number of methoxy groups -OCH3 is 1. The number of ether oxygens (including phenoxy) is 1. The number of hydrogen-bond acceptors (Lipinski definition) is 6. The van der Waals surface area contributed by atoms with Crippen molar-refractivity contribution in [2.75, 3.05) is 7.11 Å². The minimum absolute atomic E-state index is 0.286. The van der Waals surface area contributed by atoms with E-state index < -0.39 is 0 Å². The van der Waals surface area contributed by atoms with Crippen LogP contribution < -0.4 is 4.74 Å². The standard InChI is InChI=1S/C19H13FN6OS/c1-27-14-4-2-3-12(9-14)18-25-26-17(23-24-19(26)28-18)16-10-15(21-22-16)11-5-7-13(20)8-6-11/h2-10H,1H3,(H,21,22). The molecule has 0 aliphatic carbocycles.